The minimum absolute atomic E-state index is 0.219. The van der Waals surface area contributed by atoms with Gasteiger partial charge < -0.3 is 0 Å². The molecule has 1 aromatic rings. The zero-order valence-corrected chi connectivity index (χ0v) is 13.9. The topological polar surface area (TPSA) is 58.5 Å². The van der Waals surface area contributed by atoms with Gasteiger partial charge >= 0.3 is 0 Å². The number of hydrogen-bond donors (Lipinski definition) is 1. The first kappa shape index (κ1) is 15.3. The molecule has 4 nitrogen and oxygen atoms in total. The molecule has 3 rings (SSSR count). The number of sulfonamides is 1. The fourth-order valence-corrected chi connectivity index (χ4v) is 4.81. The molecule has 5 heteroatoms. The van der Waals surface area contributed by atoms with Gasteiger partial charge in [0.1, 0.15) is 10.7 Å². The van der Waals surface area contributed by atoms with Crippen LogP contribution in [0.2, 0.25) is 0 Å². The van der Waals surface area contributed by atoms with Crippen molar-refractivity contribution < 1.29 is 8.42 Å². The van der Waals surface area contributed by atoms with Crippen molar-refractivity contribution in [1.82, 2.24) is 4.72 Å². The van der Waals surface area contributed by atoms with Gasteiger partial charge in [-0.1, -0.05) is 50.1 Å². The molecule has 0 spiro atoms. The summed E-state index contributed by atoms with van der Waals surface area (Å²) in [6.07, 6.45) is 4.63. The zero-order valence-electron chi connectivity index (χ0n) is 13.0. The lowest BCUT2D eigenvalue weighted by atomic mass is 9.86. The van der Waals surface area contributed by atoms with E-state index < -0.39 is 10.0 Å². The highest BCUT2D eigenvalue weighted by Crippen LogP contribution is 2.32. The quantitative estimate of drug-likeness (QED) is 0.909. The smallest absolute Gasteiger partial charge is 0.264 e. The van der Waals surface area contributed by atoms with Crippen LogP contribution in [0.5, 0.6) is 0 Å². The van der Waals surface area contributed by atoms with Crippen LogP contribution in [-0.4, -0.2) is 20.3 Å². The molecule has 1 fully saturated rings. The van der Waals surface area contributed by atoms with Gasteiger partial charge in [0.15, 0.2) is 0 Å². The van der Waals surface area contributed by atoms with E-state index in [4.69, 9.17) is 4.99 Å². The molecule has 1 aromatic carbocycles. The molecule has 1 saturated carbocycles. The molecule has 1 aliphatic heterocycles. The molecular weight excluding hydrogens is 296 g/mol. The summed E-state index contributed by atoms with van der Waals surface area (Å²) in [5.74, 6) is 1.04. The third-order valence-electron chi connectivity index (χ3n) is 4.59. The molecule has 0 amide bonds. The van der Waals surface area contributed by atoms with Gasteiger partial charge in [0.2, 0.25) is 0 Å². The number of aliphatic imine (C=N–C) groups is 1. The van der Waals surface area contributed by atoms with Crippen molar-refractivity contribution in [3.05, 3.63) is 41.5 Å². The molecule has 0 saturated heterocycles. The molecule has 1 heterocycles. The predicted molar refractivity (Wildman–Crippen MR) is 89.9 cm³/mol. The van der Waals surface area contributed by atoms with E-state index in [1.165, 1.54) is 19.3 Å². The molecule has 0 unspecified atom stereocenters. The number of rotatable bonds is 2. The summed E-state index contributed by atoms with van der Waals surface area (Å²) < 4.78 is 27.6. The molecule has 1 N–H and O–H groups in total. The highest BCUT2D eigenvalue weighted by molar-refractivity contribution is 8.00. The maximum atomic E-state index is 12.5. The summed E-state index contributed by atoms with van der Waals surface area (Å²) >= 11 is 0. The van der Waals surface area contributed by atoms with Crippen molar-refractivity contribution in [1.29, 1.82) is 0 Å². The minimum Gasteiger partial charge on any atom is -0.264 e. The lowest BCUT2D eigenvalue weighted by Gasteiger charge is -2.25. The largest absolute Gasteiger partial charge is 0.264 e. The number of hydrogen-bond acceptors (Lipinski definition) is 3. The second-order valence-electron chi connectivity index (χ2n) is 6.23. The molecule has 0 aromatic heterocycles. The van der Waals surface area contributed by atoms with Gasteiger partial charge in [-0.05, 0) is 31.2 Å². The highest BCUT2D eigenvalue weighted by Gasteiger charge is 2.33. The summed E-state index contributed by atoms with van der Waals surface area (Å²) in [7, 11) is -3.51. The molecule has 0 radical (unpaired) electrons. The number of amidine groups is 1. The first-order valence-electron chi connectivity index (χ1n) is 7.86. The van der Waals surface area contributed by atoms with Crippen LogP contribution in [0.25, 0.3) is 4.91 Å². The summed E-state index contributed by atoms with van der Waals surface area (Å²) in [6.45, 7) is 4.04. The Balaban J connectivity index is 2.00. The first-order chi connectivity index (χ1) is 10.5. The lowest BCUT2D eigenvalue weighted by molar-refractivity contribution is 0.333. The summed E-state index contributed by atoms with van der Waals surface area (Å²) in [5.41, 5.74) is 1.44. The monoisotopic (exact) mass is 318 g/mol. The Bertz CT molecular complexity index is 720. The maximum Gasteiger partial charge on any atom is 0.264 e. The van der Waals surface area contributed by atoms with Crippen LogP contribution < -0.4 is 4.72 Å². The van der Waals surface area contributed by atoms with E-state index in [0.29, 0.717) is 16.7 Å². The molecular formula is C17H22N2O2S. The Kier molecular flexibility index (Phi) is 4.08. The van der Waals surface area contributed by atoms with E-state index in [1.807, 2.05) is 37.3 Å². The van der Waals surface area contributed by atoms with Gasteiger partial charge in [0, 0.05) is 5.57 Å². The Hall–Kier alpha value is -1.62. The van der Waals surface area contributed by atoms with Crippen LogP contribution in [0.1, 0.15) is 45.1 Å². The van der Waals surface area contributed by atoms with Gasteiger partial charge in [0.25, 0.3) is 10.0 Å². The van der Waals surface area contributed by atoms with Crippen LogP contribution in [0, 0.1) is 5.92 Å². The molecule has 0 bridgehead atoms. The van der Waals surface area contributed by atoms with Crippen LogP contribution in [0.15, 0.2) is 40.9 Å². The van der Waals surface area contributed by atoms with Gasteiger partial charge in [-0.25, -0.2) is 8.42 Å². The van der Waals surface area contributed by atoms with Crippen molar-refractivity contribution in [2.75, 3.05) is 0 Å². The van der Waals surface area contributed by atoms with Crippen molar-refractivity contribution in [3.63, 3.8) is 0 Å². The second-order valence-corrected chi connectivity index (χ2v) is 7.85. The molecule has 118 valence electrons. The van der Waals surface area contributed by atoms with Crippen LogP contribution >= 0.6 is 0 Å². The second kappa shape index (κ2) is 5.88. The van der Waals surface area contributed by atoms with E-state index in [-0.39, 0.29) is 6.04 Å². The van der Waals surface area contributed by atoms with Gasteiger partial charge in [0.05, 0.1) is 6.04 Å². The average molecular weight is 318 g/mol. The summed E-state index contributed by atoms with van der Waals surface area (Å²) in [6, 6.07) is 9.45. The van der Waals surface area contributed by atoms with E-state index >= 15 is 0 Å². The fraction of sp³-hybridized carbons (Fsp3) is 0.471. The standard InChI is InChI=1S/C17H22N2O2S/c1-12-8-6-7-11-15(12)18-17-13(2)16(22(20,21)19-17)14-9-4-3-5-10-14/h3-5,9-10,12,15H,6-8,11H2,1-2H3,(H,18,19)/t12-,15+/m0/s1. The molecule has 1 aliphatic carbocycles. The Morgan fingerprint density at radius 3 is 2.50 bits per heavy atom. The molecule has 22 heavy (non-hydrogen) atoms. The van der Waals surface area contributed by atoms with Crippen LogP contribution in [-0.2, 0) is 10.0 Å². The van der Waals surface area contributed by atoms with Crippen LogP contribution in [0.4, 0.5) is 0 Å². The number of nitrogens with one attached hydrogen (secondary N) is 1. The third kappa shape index (κ3) is 2.82. The van der Waals surface area contributed by atoms with Crippen molar-refractivity contribution in [2.45, 2.75) is 45.6 Å². The van der Waals surface area contributed by atoms with Crippen molar-refractivity contribution in [2.24, 2.45) is 10.9 Å². The van der Waals surface area contributed by atoms with Crippen LogP contribution in [0.3, 0.4) is 0 Å². The van der Waals surface area contributed by atoms with E-state index in [1.54, 1.807) is 0 Å². The van der Waals surface area contributed by atoms with Crippen molar-refractivity contribution in [3.8, 4) is 0 Å². The van der Waals surface area contributed by atoms with E-state index in [2.05, 4.69) is 11.6 Å². The highest BCUT2D eigenvalue weighted by atomic mass is 32.2. The maximum absolute atomic E-state index is 12.5. The van der Waals surface area contributed by atoms with Gasteiger partial charge in [-0.2, -0.15) is 0 Å². The Morgan fingerprint density at radius 1 is 1.14 bits per heavy atom. The minimum atomic E-state index is -3.51. The summed E-state index contributed by atoms with van der Waals surface area (Å²) in [4.78, 5) is 5.09. The third-order valence-corrected chi connectivity index (χ3v) is 6.13. The zero-order chi connectivity index (χ0) is 15.7. The van der Waals surface area contributed by atoms with Gasteiger partial charge in [-0.3, -0.25) is 9.71 Å². The SMILES string of the molecule is CC1=C(c2ccccc2)S(=O)(=O)NC1=N[C@@H]1CCCC[C@@H]1C. The normalized spacial score (nSPS) is 29.6. The average Bonchev–Trinajstić information content (AvgIpc) is 2.71. The molecule has 2 atom stereocenters. The number of nitrogens with zero attached hydrogens (tertiary/aromatic N) is 1. The van der Waals surface area contributed by atoms with E-state index in [0.717, 1.165) is 17.6 Å². The first-order valence-corrected chi connectivity index (χ1v) is 9.34. The molecule has 2 aliphatic rings. The van der Waals surface area contributed by atoms with Gasteiger partial charge in [-0.15, -0.1) is 0 Å². The number of benzene rings is 1. The lowest BCUT2D eigenvalue weighted by Crippen LogP contribution is -2.28. The van der Waals surface area contributed by atoms with E-state index in [9.17, 15) is 8.42 Å². The summed E-state index contributed by atoms with van der Waals surface area (Å²) in [5, 5.41) is 0. The van der Waals surface area contributed by atoms with Crippen molar-refractivity contribution >= 4 is 20.8 Å². The predicted octanol–water partition coefficient (Wildman–Crippen LogP) is 3.33. The Morgan fingerprint density at radius 2 is 1.82 bits per heavy atom. The fourth-order valence-electron chi connectivity index (χ4n) is 3.30. The Labute approximate surface area is 132 Å².